The van der Waals surface area contributed by atoms with Gasteiger partial charge in [0.1, 0.15) is 17.1 Å². The largest absolute Gasteiger partial charge is 0.351 e. The van der Waals surface area contributed by atoms with E-state index in [1.807, 2.05) is 29.0 Å². The number of nitrogens with zero attached hydrogens (tertiary/aromatic N) is 2. The Morgan fingerprint density at radius 2 is 1.88 bits per heavy atom. The molecule has 1 aliphatic carbocycles. The standard InChI is InChI=1S/C26H30FN3O2S/c1-26(25(32)28-19-10-5-3-2-4-6-11-19)17-29-21-13-14-33-23(21)15-22(29)24(31)30(26)16-18-9-7-8-12-20(18)27/h7-9,12-15,19H,2-6,10-11,16-17H2,1H3,(H,28,32)/t26-/m0/s1. The van der Waals surface area contributed by atoms with Crippen LogP contribution in [0.2, 0.25) is 0 Å². The van der Waals surface area contributed by atoms with E-state index in [0.29, 0.717) is 17.8 Å². The lowest BCUT2D eigenvalue weighted by molar-refractivity contribution is -0.134. The predicted molar refractivity (Wildman–Crippen MR) is 129 cm³/mol. The first-order valence-electron chi connectivity index (χ1n) is 11.9. The fourth-order valence-corrected chi connectivity index (χ4v) is 6.08. The molecule has 7 heteroatoms. The number of rotatable bonds is 4. The number of nitrogens with one attached hydrogen (secondary N) is 1. The third-order valence-corrected chi connectivity index (χ3v) is 8.12. The van der Waals surface area contributed by atoms with Crippen molar-refractivity contribution in [3.63, 3.8) is 0 Å². The summed E-state index contributed by atoms with van der Waals surface area (Å²) in [5.41, 5.74) is 0.823. The van der Waals surface area contributed by atoms with Crippen molar-refractivity contribution in [3.8, 4) is 0 Å². The smallest absolute Gasteiger partial charge is 0.271 e. The summed E-state index contributed by atoms with van der Waals surface area (Å²) in [6.07, 6.45) is 7.80. The summed E-state index contributed by atoms with van der Waals surface area (Å²) in [6, 6.07) is 10.5. The Bertz CT molecular complexity index is 1180. The molecule has 1 N–H and O–H groups in total. The van der Waals surface area contributed by atoms with Gasteiger partial charge in [0.2, 0.25) is 5.91 Å². The predicted octanol–water partition coefficient (Wildman–Crippen LogP) is 5.49. The third kappa shape index (κ3) is 4.07. The molecule has 2 amide bonds. The van der Waals surface area contributed by atoms with Crippen LogP contribution in [-0.2, 0) is 17.9 Å². The molecule has 33 heavy (non-hydrogen) atoms. The van der Waals surface area contributed by atoms with Crippen molar-refractivity contribution in [2.45, 2.75) is 76.5 Å². The molecule has 174 valence electrons. The monoisotopic (exact) mass is 467 g/mol. The Morgan fingerprint density at radius 1 is 1.15 bits per heavy atom. The second kappa shape index (κ2) is 8.93. The topological polar surface area (TPSA) is 54.3 Å². The van der Waals surface area contributed by atoms with E-state index in [0.717, 1.165) is 35.9 Å². The van der Waals surface area contributed by atoms with Gasteiger partial charge in [-0.25, -0.2) is 4.39 Å². The highest BCUT2D eigenvalue weighted by Gasteiger charge is 2.48. The minimum atomic E-state index is -1.12. The maximum atomic E-state index is 14.6. The summed E-state index contributed by atoms with van der Waals surface area (Å²) in [5.74, 6) is -0.751. The molecule has 5 nitrogen and oxygen atoms in total. The molecule has 1 fully saturated rings. The van der Waals surface area contributed by atoms with Crippen LogP contribution in [0, 0.1) is 5.82 Å². The van der Waals surface area contributed by atoms with Crippen LogP contribution in [0.1, 0.15) is 67.9 Å². The SMILES string of the molecule is C[C@@]1(C(=O)NC2CCCCCCC2)Cn2c(cc3sccc32)C(=O)N1Cc1ccccc1F. The molecule has 0 unspecified atom stereocenters. The summed E-state index contributed by atoms with van der Waals surface area (Å²) in [4.78, 5) is 29.1. The molecule has 0 spiro atoms. The summed E-state index contributed by atoms with van der Waals surface area (Å²) >= 11 is 1.58. The number of thiophene rings is 1. The van der Waals surface area contributed by atoms with Gasteiger partial charge in [-0.2, -0.15) is 0 Å². The Kier molecular flexibility index (Phi) is 5.99. The van der Waals surface area contributed by atoms with E-state index in [4.69, 9.17) is 0 Å². The van der Waals surface area contributed by atoms with E-state index in [1.54, 1.807) is 34.4 Å². The highest BCUT2D eigenvalue weighted by molar-refractivity contribution is 7.17. The highest BCUT2D eigenvalue weighted by atomic mass is 32.1. The minimum absolute atomic E-state index is 0.0545. The number of carbonyl (C=O) groups excluding carboxylic acids is 2. The Labute approximate surface area is 197 Å². The number of amides is 2. The summed E-state index contributed by atoms with van der Waals surface area (Å²) in [5, 5.41) is 5.28. The van der Waals surface area contributed by atoms with Gasteiger partial charge in [-0.15, -0.1) is 11.3 Å². The third-order valence-electron chi connectivity index (χ3n) is 7.26. The number of fused-ring (bicyclic) bond motifs is 3. The number of hydrogen-bond acceptors (Lipinski definition) is 3. The molecule has 3 heterocycles. The minimum Gasteiger partial charge on any atom is -0.351 e. The van der Waals surface area contributed by atoms with Crippen molar-refractivity contribution < 1.29 is 14.0 Å². The molecule has 5 rings (SSSR count). The van der Waals surface area contributed by atoms with Crippen LogP contribution in [0.15, 0.2) is 41.8 Å². The number of carbonyl (C=O) groups is 2. The van der Waals surface area contributed by atoms with Gasteiger partial charge in [0.15, 0.2) is 0 Å². The first-order valence-corrected chi connectivity index (χ1v) is 12.8. The first kappa shape index (κ1) is 22.1. The molecule has 1 aliphatic heterocycles. The number of benzene rings is 1. The van der Waals surface area contributed by atoms with E-state index in [9.17, 15) is 14.0 Å². The normalized spacial score (nSPS) is 22.1. The van der Waals surface area contributed by atoms with E-state index < -0.39 is 5.54 Å². The van der Waals surface area contributed by atoms with Gasteiger partial charge in [0, 0.05) is 11.6 Å². The molecule has 0 saturated heterocycles. The molecule has 2 aromatic heterocycles. The molecule has 0 bridgehead atoms. The number of hydrogen-bond donors (Lipinski definition) is 1. The average molecular weight is 468 g/mol. The molecule has 0 radical (unpaired) electrons. The maximum absolute atomic E-state index is 14.6. The summed E-state index contributed by atoms with van der Waals surface area (Å²) in [7, 11) is 0. The van der Waals surface area contributed by atoms with Crippen LogP contribution in [0.25, 0.3) is 10.2 Å². The van der Waals surface area contributed by atoms with Crippen LogP contribution in [0.4, 0.5) is 4.39 Å². The molecular formula is C26H30FN3O2S. The van der Waals surface area contributed by atoms with Crippen LogP contribution >= 0.6 is 11.3 Å². The van der Waals surface area contributed by atoms with E-state index in [-0.39, 0.29) is 30.2 Å². The van der Waals surface area contributed by atoms with Crippen molar-refractivity contribution in [1.29, 1.82) is 0 Å². The fourth-order valence-electron chi connectivity index (χ4n) is 5.26. The van der Waals surface area contributed by atoms with Crippen molar-refractivity contribution in [2.75, 3.05) is 0 Å². The van der Waals surface area contributed by atoms with Gasteiger partial charge >= 0.3 is 0 Å². The molecular weight excluding hydrogens is 437 g/mol. The zero-order valence-corrected chi connectivity index (χ0v) is 19.8. The molecule has 1 saturated carbocycles. The highest BCUT2D eigenvalue weighted by Crippen LogP contribution is 2.35. The molecule has 2 aliphatic rings. The van der Waals surface area contributed by atoms with Gasteiger partial charge in [-0.3, -0.25) is 9.59 Å². The lowest BCUT2D eigenvalue weighted by Crippen LogP contribution is -2.64. The van der Waals surface area contributed by atoms with Gasteiger partial charge in [-0.05, 0) is 43.3 Å². The van der Waals surface area contributed by atoms with Crippen molar-refractivity contribution >= 4 is 33.4 Å². The van der Waals surface area contributed by atoms with Gasteiger partial charge in [0.05, 0.1) is 23.3 Å². The van der Waals surface area contributed by atoms with E-state index >= 15 is 0 Å². The fraction of sp³-hybridized carbons (Fsp3) is 0.462. The second-order valence-corrected chi connectivity index (χ2v) is 10.5. The molecule has 1 atom stereocenters. The van der Waals surface area contributed by atoms with Crippen LogP contribution in [0.3, 0.4) is 0 Å². The number of halogens is 1. The molecule has 3 aromatic rings. The summed E-state index contributed by atoms with van der Waals surface area (Å²) < 4.78 is 17.5. The zero-order valence-electron chi connectivity index (χ0n) is 19.0. The summed E-state index contributed by atoms with van der Waals surface area (Å²) in [6.45, 7) is 2.23. The first-order chi connectivity index (χ1) is 16.0. The van der Waals surface area contributed by atoms with Crippen LogP contribution in [-0.4, -0.2) is 32.9 Å². The van der Waals surface area contributed by atoms with E-state index in [1.165, 1.54) is 25.3 Å². The van der Waals surface area contributed by atoms with Crippen LogP contribution < -0.4 is 5.32 Å². The number of aromatic nitrogens is 1. The van der Waals surface area contributed by atoms with Crippen molar-refractivity contribution in [3.05, 3.63) is 58.9 Å². The van der Waals surface area contributed by atoms with Crippen LogP contribution in [0.5, 0.6) is 0 Å². The van der Waals surface area contributed by atoms with Gasteiger partial charge in [0.25, 0.3) is 5.91 Å². The Balaban J connectivity index is 1.50. The Hall–Kier alpha value is -2.67. The van der Waals surface area contributed by atoms with Gasteiger partial charge in [-0.1, -0.05) is 50.3 Å². The van der Waals surface area contributed by atoms with Gasteiger partial charge < -0.3 is 14.8 Å². The lowest BCUT2D eigenvalue weighted by atomic mass is 9.91. The Morgan fingerprint density at radius 3 is 2.64 bits per heavy atom. The van der Waals surface area contributed by atoms with E-state index in [2.05, 4.69) is 5.32 Å². The quantitative estimate of drug-likeness (QED) is 0.552. The zero-order chi connectivity index (χ0) is 23.0. The molecule has 1 aromatic carbocycles. The van der Waals surface area contributed by atoms with Crippen molar-refractivity contribution in [1.82, 2.24) is 14.8 Å². The average Bonchev–Trinajstić information content (AvgIpc) is 3.36. The lowest BCUT2D eigenvalue weighted by Gasteiger charge is -2.44. The van der Waals surface area contributed by atoms with Crippen molar-refractivity contribution in [2.24, 2.45) is 0 Å². The maximum Gasteiger partial charge on any atom is 0.271 e. The second-order valence-electron chi connectivity index (χ2n) is 9.56.